The van der Waals surface area contributed by atoms with Gasteiger partial charge in [-0.1, -0.05) is 47.5 Å². The fourth-order valence-corrected chi connectivity index (χ4v) is 4.49. The molecule has 0 aliphatic heterocycles. The van der Waals surface area contributed by atoms with E-state index in [0.29, 0.717) is 45.8 Å². The number of fused-ring (bicyclic) bond motifs is 1. The molecule has 0 spiro atoms. The van der Waals surface area contributed by atoms with Gasteiger partial charge in [0.1, 0.15) is 0 Å². The Kier molecular flexibility index (Phi) is 7.25. The zero-order valence-corrected chi connectivity index (χ0v) is 20.6. The molecule has 7 heteroatoms. The largest absolute Gasteiger partial charge is 0.493 e. The Morgan fingerprint density at radius 1 is 0.971 bits per heavy atom. The number of aromatic nitrogens is 1. The highest BCUT2D eigenvalue weighted by atomic mass is 35.5. The number of benzene rings is 3. The van der Waals surface area contributed by atoms with Crippen molar-refractivity contribution >= 4 is 40.0 Å². The number of pyridine rings is 1. The van der Waals surface area contributed by atoms with Crippen molar-refractivity contribution in [3.05, 3.63) is 87.4 Å². The van der Waals surface area contributed by atoms with E-state index in [2.05, 4.69) is 5.32 Å². The molecule has 0 unspecified atom stereocenters. The van der Waals surface area contributed by atoms with Gasteiger partial charge in [0.25, 0.3) is 5.91 Å². The summed E-state index contributed by atoms with van der Waals surface area (Å²) in [4.78, 5) is 18.2. The number of nitrogens with zero attached hydrogens (tertiary/aromatic N) is 1. The van der Waals surface area contributed by atoms with Crippen molar-refractivity contribution < 1.29 is 14.3 Å². The molecule has 1 heterocycles. The van der Waals surface area contributed by atoms with Crippen LogP contribution in [0.5, 0.6) is 11.5 Å². The summed E-state index contributed by atoms with van der Waals surface area (Å²) in [7, 11) is 3.20. The van der Waals surface area contributed by atoms with Gasteiger partial charge in [-0.3, -0.25) is 4.79 Å². The Bertz CT molecular complexity index is 1370. The SMILES string of the molecule is COc1ccc(CCNC(=O)c2c(C)c(-c3ccc(Cl)cc3Cl)nc3ccccc23)cc1OC. The van der Waals surface area contributed by atoms with Crippen LogP contribution in [0.3, 0.4) is 0 Å². The topological polar surface area (TPSA) is 60.5 Å². The third kappa shape index (κ3) is 4.81. The summed E-state index contributed by atoms with van der Waals surface area (Å²) in [5.74, 6) is 1.16. The zero-order valence-electron chi connectivity index (χ0n) is 19.1. The summed E-state index contributed by atoms with van der Waals surface area (Å²) in [6.07, 6.45) is 0.643. The van der Waals surface area contributed by atoms with Gasteiger partial charge < -0.3 is 14.8 Å². The molecule has 1 aromatic heterocycles. The Morgan fingerprint density at radius 3 is 2.47 bits per heavy atom. The summed E-state index contributed by atoms with van der Waals surface area (Å²) < 4.78 is 10.7. The number of hydrogen-bond donors (Lipinski definition) is 1. The Hall–Kier alpha value is -3.28. The van der Waals surface area contributed by atoms with Gasteiger partial charge in [-0.15, -0.1) is 0 Å². The van der Waals surface area contributed by atoms with Crippen LogP contribution in [0.1, 0.15) is 21.5 Å². The van der Waals surface area contributed by atoms with Crippen LogP contribution in [0.2, 0.25) is 10.0 Å². The normalized spacial score (nSPS) is 10.9. The Labute approximate surface area is 208 Å². The predicted molar refractivity (Wildman–Crippen MR) is 138 cm³/mol. The van der Waals surface area contributed by atoms with Gasteiger partial charge in [0.15, 0.2) is 11.5 Å². The molecular formula is C27H24Cl2N2O3. The van der Waals surface area contributed by atoms with Crippen LogP contribution >= 0.6 is 23.2 Å². The maximum absolute atomic E-state index is 13.4. The van der Waals surface area contributed by atoms with E-state index in [4.69, 9.17) is 37.7 Å². The lowest BCUT2D eigenvalue weighted by Crippen LogP contribution is -2.27. The zero-order chi connectivity index (χ0) is 24.2. The maximum Gasteiger partial charge on any atom is 0.252 e. The highest BCUT2D eigenvalue weighted by Gasteiger charge is 2.20. The summed E-state index contributed by atoms with van der Waals surface area (Å²) in [5.41, 5.74) is 4.48. The summed E-state index contributed by atoms with van der Waals surface area (Å²) in [5, 5.41) is 4.87. The minimum atomic E-state index is -0.164. The fraction of sp³-hybridized carbons (Fsp3) is 0.185. The van der Waals surface area contributed by atoms with Gasteiger partial charge in [-0.25, -0.2) is 4.98 Å². The average Bonchev–Trinajstić information content (AvgIpc) is 2.83. The van der Waals surface area contributed by atoms with E-state index in [0.717, 1.165) is 27.6 Å². The van der Waals surface area contributed by atoms with E-state index in [-0.39, 0.29) is 5.91 Å². The number of nitrogens with one attached hydrogen (secondary N) is 1. The summed E-state index contributed by atoms with van der Waals surface area (Å²) in [6, 6.07) is 18.6. The molecule has 3 aromatic carbocycles. The van der Waals surface area contributed by atoms with Gasteiger partial charge in [-0.05, 0) is 60.9 Å². The quantitative estimate of drug-likeness (QED) is 0.318. The van der Waals surface area contributed by atoms with Crippen molar-refractivity contribution in [3.8, 4) is 22.8 Å². The number of rotatable bonds is 7. The highest BCUT2D eigenvalue weighted by molar-refractivity contribution is 6.36. The molecule has 0 fully saturated rings. The molecule has 0 saturated heterocycles. The first-order chi connectivity index (χ1) is 16.4. The number of halogens is 2. The summed E-state index contributed by atoms with van der Waals surface area (Å²) in [6.45, 7) is 2.35. The smallest absolute Gasteiger partial charge is 0.252 e. The first kappa shape index (κ1) is 23.9. The molecule has 1 amide bonds. The number of para-hydroxylation sites is 1. The molecule has 0 aliphatic rings. The molecule has 0 atom stereocenters. The molecular weight excluding hydrogens is 471 g/mol. The number of carbonyl (C=O) groups excluding carboxylic acids is 1. The lowest BCUT2D eigenvalue weighted by molar-refractivity contribution is 0.0955. The van der Waals surface area contributed by atoms with E-state index >= 15 is 0 Å². The average molecular weight is 495 g/mol. The van der Waals surface area contributed by atoms with Crippen molar-refractivity contribution in [2.45, 2.75) is 13.3 Å². The first-order valence-electron chi connectivity index (χ1n) is 10.8. The van der Waals surface area contributed by atoms with Crippen LogP contribution in [-0.4, -0.2) is 31.7 Å². The third-order valence-electron chi connectivity index (χ3n) is 5.70. The number of hydrogen-bond acceptors (Lipinski definition) is 4. The highest BCUT2D eigenvalue weighted by Crippen LogP contribution is 2.35. The number of amides is 1. The molecule has 0 bridgehead atoms. The Morgan fingerprint density at radius 2 is 1.74 bits per heavy atom. The molecule has 0 aliphatic carbocycles. The van der Waals surface area contributed by atoms with Crippen LogP contribution < -0.4 is 14.8 Å². The van der Waals surface area contributed by atoms with Gasteiger partial charge in [0, 0.05) is 22.5 Å². The van der Waals surface area contributed by atoms with Crippen molar-refractivity contribution in [3.63, 3.8) is 0 Å². The molecule has 5 nitrogen and oxygen atoms in total. The number of ether oxygens (including phenoxy) is 2. The van der Waals surface area contributed by atoms with Crippen LogP contribution in [0, 0.1) is 6.92 Å². The summed E-state index contributed by atoms with van der Waals surface area (Å²) >= 11 is 12.6. The Balaban J connectivity index is 1.64. The molecule has 34 heavy (non-hydrogen) atoms. The second kappa shape index (κ2) is 10.3. The second-order valence-corrected chi connectivity index (χ2v) is 8.64. The second-order valence-electron chi connectivity index (χ2n) is 7.80. The minimum absolute atomic E-state index is 0.164. The van der Waals surface area contributed by atoms with E-state index in [9.17, 15) is 4.79 Å². The van der Waals surface area contributed by atoms with Crippen LogP contribution in [-0.2, 0) is 6.42 Å². The molecule has 0 radical (unpaired) electrons. The molecule has 1 N–H and O–H groups in total. The van der Waals surface area contributed by atoms with Gasteiger partial charge in [0.2, 0.25) is 0 Å². The molecule has 4 rings (SSSR count). The lowest BCUT2D eigenvalue weighted by Gasteiger charge is -2.16. The van der Waals surface area contributed by atoms with Gasteiger partial charge >= 0.3 is 0 Å². The van der Waals surface area contributed by atoms with E-state index in [1.807, 2.05) is 55.5 Å². The minimum Gasteiger partial charge on any atom is -0.493 e. The van der Waals surface area contributed by atoms with Gasteiger partial charge in [0.05, 0.1) is 36.0 Å². The number of methoxy groups -OCH3 is 2. The maximum atomic E-state index is 13.4. The van der Waals surface area contributed by atoms with Crippen molar-refractivity contribution in [1.82, 2.24) is 10.3 Å². The fourth-order valence-electron chi connectivity index (χ4n) is 3.99. The van der Waals surface area contributed by atoms with E-state index < -0.39 is 0 Å². The van der Waals surface area contributed by atoms with Gasteiger partial charge in [-0.2, -0.15) is 0 Å². The van der Waals surface area contributed by atoms with Crippen molar-refractivity contribution in [1.29, 1.82) is 0 Å². The van der Waals surface area contributed by atoms with Crippen LogP contribution in [0.4, 0.5) is 0 Å². The van der Waals surface area contributed by atoms with Crippen LogP contribution in [0.15, 0.2) is 60.7 Å². The van der Waals surface area contributed by atoms with E-state index in [1.54, 1.807) is 26.4 Å². The number of carbonyl (C=O) groups is 1. The molecule has 4 aromatic rings. The monoisotopic (exact) mass is 494 g/mol. The first-order valence-corrected chi connectivity index (χ1v) is 11.5. The lowest BCUT2D eigenvalue weighted by atomic mass is 9.97. The third-order valence-corrected chi connectivity index (χ3v) is 6.24. The standard InChI is InChI=1S/C27H24Cl2N2O3/c1-16-25(27(32)30-13-12-17-8-11-23(33-2)24(14-17)34-3)20-6-4-5-7-22(20)31-26(16)19-10-9-18(28)15-21(19)29/h4-11,14-15H,12-13H2,1-3H3,(H,30,32). The predicted octanol–water partition coefficient (Wildman–Crippen LogP) is 6.51. The van der Waals surface area contributed by atoms with E-state index in [1.165, 1.54) is 0 Å². The molecule has 0 saturated carbocycles. The van der Waals surface area contributed by atoms with Crippen molar-refractivity contribution in [2.75, 3.05) is 20.8 Å². The molecule has 174 valence electrons. The van der Waals surface area contributed by atoms with Crippen molar-refractivity contribution in [2.24, 2.45) is 0 Å². The van der Waals surface area contributed by atoms with Crippen LogP contribution in [0.25, 0.3) is 22.2 Å².